The van der Waals surface area contributed by atoms with E-state index in [0.717, 1.165) is 29.3 Å². The number of para-hydroxylation sites is 1. The number of carbonyl (C=O) groups is 2. The number of benzene rings is 2. The first-order valence-electron chi connectivity index (χ1n) is 9.69. The van der Waals surface area contributed by atoms with E-state index in [1.165, 1.54) is 0 Å². The van der Waals surface area contributed by atoms with Crippen LogP contribution in [0.3, 0.4) is 0 Å². The van der Waals surface area contributed by atoms with Crippen molar-refractivity contribution in [3.05, 3.63) is 59.3 Å². The molecule has 0 saturated carbocycles. The van der Waals surface area contributed by atoms with Crippen LogP contribution in [0.5, 0.6) is 11.5 Å². The number of amides is 1. The van der Waals surface area contributed by atoms with Gasteiger partial charge in [-0.05, 0) is 43.5 Å². The minimum absolute atomic E-state index is 0.156. The van der Waals surface area contributed by atoms with Crippen LogP contribution in [0.25, 0.3) is 10.9 Å². The number of aromatic amines is 1. The lowest BCUT2D eigenvalue weighted by molar-refractivity contribution is -0.127. The standard InChI is InChI=1S/C23H24N2O4/c1-14-21(16-7-4-5-8-17(16)24-14)22(26)23(27)25-12-6-9-18(25)15-10-11-19(28-2)20(13-15)29-3/h4-5,7-8,10-11,13,18,24H,6,9,12H2,1-3H3/t18-/m1/s1. The lowest BCUT2D eigenvalue weighted by atomic mass is 10.0. The van der Waals surface area contributed by atoms with Crippen molar-refractivity contribution in [2.75, 3.05) is 20.8 Å². The quantitative estimate of drug-likeness (QED) is 0.525. The summed E-state index contributed by atoms with van der Waals surface area (Å²) in [6, 6.07) is 13.1. The second kappa shape index (κ2) is 7.62. The maximum absolute atomic E-state index is 13.2. The maximum Gasteiger partial charge on any atom is 0.295 e. The molecule has 0 aliphatic carbocycles. The van der Waals surface area contributed by atoms with Gasteiger partial charge < -0.3 is 19.4 Å². The number of nitrogens with one attached hydrogen (secondary N) is 1. The number of ketones is 1. The van der Waals surface area contributed by atoms with Crippen molar-refractivity contribution in [2.24, 2.45) is 0 Å². The van der Waals surface area contributed by atoms with Crippen LogP contribution < -0.4 is 9.47 Å². The molecule has 2 heterocycles. The van der Waals surface area contributed by atoms with Gasteiger partial charge in [0, 0.05) is 23.1 Å². The van der Waals surface area contributed by atoms with Crippen LogP contribution in [0.1, 0.15) is 40.5 Å². The maximum atomic E-state index is 13.2. The van der Waals surface area contributed by atoms with Crippen molar-refractivity contribution in [3.63, 3.8) is 0 Å². The average molecular weight is 392 g/mol. The third-order valence-corrected chi connectivity index (χ3v) is 5.62. The summed E-state index contributed by atoms with van der Waals surface area (Å²) in [5.74, 6) is 0.322. The molecule has 1 amide bonds. The number of hydrogen-bond donors (Lipinski definition) is 1. The van der Waals surface area contributed by atoms with E-state index in [1.54, 1.807) is 19.1 Å². The smallest absolute Gasteiger partial charge is 0.295 e. The van der Waals surface area contributed by atoms with Gasteiger partial charge in [0.25, 0.3) is 11.7 Å². The molecular formula is C23H24N2O4. The minimum atomic E-state index is -0.465. The highest BCUT2D eigenvalue weighted by Crippen LogP contribution is 2.37. The molecule has 1 aromatic heterocycles. The van der Waals surface area contributed by atoms with Gasteiger partial charge in [0.15, 0.2) is 11.5 Å². The first-order valence-corrected chi connectivity index (χ1v) is 9.69. The molecule has 3 aromatic rings. The van der Waals surface area contributed by atoms with E-state index in [-0.39, 0.29) is 6.04 Å². The van der Waals surface area contributed by atoms with Gasteiger partial charge in [0.1, 0.15) is 0 Å². The Labute approximate surface area is 169 Å². The van der Waals surface area contributed by atoms with E-state index in [1.807, 2.05) is 49.4 Å². The third-order valence-electron chi connectivity index (χ3n) is 5.62. The van der Waals surface area contributed by atoms with Crippen molar-refractivity contribution in [2.45, 2.75) is 25.8 Å². The molecule has 6 nitrogen and oxygen atoms in total. The number of Topliss-reactive ketones (excluding diaryl/α,β-unsaturated/α-hetero) is 1. The highest BCUT2D eigenvalue weighted by molar-refractivity contribution is 6.45. The van der Waals surface area contributed by atoms with Crippen molar-refractivity contribution >= 4 is 22.6 Å². The molecule has 2 aromatic carbocycles. The van der Waals surface area contributed by atoms with Crippen LogP contribution in [0.15, 0.2) is 42.5 Å². The first-order chi connectivity index (χ1) is 14.0. The van der Waals surface area contributed by atoms with Crippen molar-refractivity contribution in [1.29, 1.82) is 0 Å². The number of likely N-dealkylation sites (tertiary alicyclic amines) is 1. The predicted molar refractivity (Wildman–Crippen MR) is 111 cm³/mol. The van der Waals surface area contributed by atoms with Gasteiger partial charge in [-0.15, -0.1) is 0 Å². The topological polar surface area (TPSA) is 71.6 Å². The monoisotopic (exact) mass is 392 g/mol. The molecule has 1 aliphatic rings. The van der Waals surface area contributed by atoms with Gasteiger partial charge in [-0.2, -0.15) is 0 Å². The summed E-state index contributed by atoms with van der Waals surface area (Å²) in [6.07, 6.45) is 1.66. The molecule has 1 fully saturated rings. The fourth-order valence-electron chi connectivity index (χ4n) is 4.22. The number of H-pyrrole nitrogens is 1. The Balaban J connectivity index is 1.66. The second-order valence-electron chi connectivity index (χ2n) is 7.27. The summed E-state index contributed by atoms with van der Waals surface area (Å²) in [5, 5.41) is 0.783. The summed E-state index contributed by atoms with van der Waals surface area (Å²) in [5.41, 5.74) is 2.98. The fourth-order valence-corrected chi connectivity index (χ4v) is 4.22. The Morgan fingerprint density at radius 2 is 1.83 bits per heavy atom. The number of hydrogen-bond acceptors (Lipinski definition) is 4. The lowest BCUT2D eigenvalue weighted by Gasteiger charge is -2.25. The third kappa shape index (κ3) is 3.24. The van der Waals surface area contributed by atoms with E-state index in [2.05, 4.69) is 4.98 Å². The largest absolute Gasteiger partial charge is 0.493 e. The first kappa shape index (κ1) is 19.1. The van der Waals surface area contributed by atoms with Gasteiger partial charge in [0.2, 0.25) is 0 Å². The van der Waals surface area contributed by atoms with E-state index in [0.29, 0.717) is 29.3 Å². The number of ether oxygens (including phenoxy) is 2. The Morgan fingerprint density at radius 1 is 1.07 bits per heavy atom. The summed E-state index contributed by atoms with van der Waals surface area (Å²) in [6.45, 7) is 2.39. The Morgan fingerprint density at radius 3 is 2.59 bits per heavy atom. The molecule has 29 heavy (non-hydrogen) atoms. The zero-order valence-electron chi connectivity index (χ0n) is 16.8. The molecule has 0 unspecified atom stereocenters. The van der Waals surface area contributed by atoms with E-state index >= 15 is 0 Å². The number of nitrogens with zero attached hydrogens (tertiary/aromatic N) is 1. The van der Waals surface area contributed by atoms with Gasteiger partial charge in [-0.1, -0.05) is 24.3 Å². The van der Waals surface area contributed by atoms with Crippen LogP contribution in [-0.2, 0) is 4.79 Å². The number of aryl methyl sites for hydroxylation is 1. The molecule has 0 spiro atoms. The minimum Gasteiger partial charge on any atom is -0.493 e. The number of rotatable bonds is 5. The number of methoxy groups -OCH3 is 2. The highest BCUT2D eigenvalue weighted by Gasteiger charge is 2.35. The zero-order valence-corrected chi connectivity index (χ0v) is 16.8. The van der Waals surface area contributed by atoms with Crippen LogP contribution in [0, 0.1) is 6.92 Å². The fraction of sp³-hybridized carbons (Fsp3) is 0.304. The van der Waals surface area contributed by atoms with Gasteiger partial charge >= 0.3 is 0 Å². The van der Waals surface area contributed by atoms with E-state index < -0.39 is 11.7 Å². The lowest BCUT2D eigenvalue weighted by Crippen LogP contribution is -2.36. The average Bonchev–Trinajstić information content (AvgIpc) is 3.36. The summed E-state index contributed by atoms with van der Waals surface area (Å²) >= 11 is 0. The molecule has 150 valence electrons. The molecule has 1 saturated heterocycles. The second-order valence-corrected chi connectivity index (χ2v) is 7.27. The number of carbonyl (C=O) groups excluding carboxylic acids is 2. The Bertz CT molecular complexity index is 1090. The van der Waals surface area contributed by atoms with Gasteiger partial charge in [0.05, 0.1) is 25.8 Å². The summed E-state index contributed by atoms with van der Waals surface area (Å²) < 4.78 is 10.7. The SMILES string of the molecule is COc1ccc([C@H]2CCCN2C(=O)C(=O)c2c(C)[nH]c3ccccc23)cc1OC. The van der Waals surface area contributed by atoms with Crippen LogP contribution in [-0.4, -0.2) is 42.3 Å². The molecular weight excluding hydrogens is 368 g/mol. The Kier molecular flexibility index (Phi) is 5.01. The Hall–Kier alpha value is -3.28. The van der Waals surface area contributed by atoms with E-state index in [4.69, 9.17) is 9.47 Å². The molecule has 0 bridgehead atoms. The molecule has 1 aliphatic heterocycles. The van der Waals surface area contributed by atoms with Crippen molar-refractivity contribution < 1.29 is 19.1 Å². The molecule has 4 rings (SSSR count). The number of fused-ring (bicyclic) bond motifs is 1. The number of aromatic nitrogens is 1. The van der Waals surface area contributed by atoms with Crippen LogP contribution in [0.2, 0.25) is 0 Å². The van der Waals surface area contributed by atoms with Gasteiger partial charge in [-0.25, -0.2) is 0 Å². The van der Waals surface area contributed by atoms with Gasteiger partial charge in [-0.3, -0.25) is 9.59 Å². The molecule has 0 radical (unpaired) electrons. The highest BCUT2D eigenvalue weighted by atomic mass is 16.5. The molecule has 1 N–H and O–H groups in total. The predicted octanol–water partition coefficient (Wildman–Crippen LogP) is 4.04. The summed E-state index contributed by atoms with van der Waals surface area (Å²) in [7, 11) is 3.17. The van der Waals surface area contributed by atoms with Crippen LogP contribution in [0.4, 0.5) is 0 Å². The molecule has 6 heteroatoms. The van der Waals surface area contributed by atoms with Crippen molar-refractivity contribution in [3.8, 4) is 11.5 Å². The van der Waals surface area contributed by atoms with Crippen LogP contribution >= 0.6 is 0 Å². The van der Waals surface area contributed by atoms with E-state index in [9.17, 15) is 9.59 Å². The zero-order chi connectivity index (χ0) is 20.5. The normalized spacial score (nSPS) is 16.2. The molecule has 1 atom stereocenters. The summed E-state index contributed by atoms with van der Waals surface area (Å²) in [4.78, 5) is 31.3. The van der Waals surface area contributed by atoms with Crippen molar-refractivity contribution in [1.82, 2.24) is 9.88 Å².